The number of hydrogen-bond donors (Lipinski definition) is 2. The van der Waals surface area contributed by atoms with Crippen LogP contribution < -0.4 is 5.32 Å². The topological polar surface area (TPSA) is 74.4 Å². The summed E-state index contributed by atoms with van der Waals surface area (Å²) < 4.78 is 5.14. The van der Waals surface area contributed by atoms with Crippen molar-refractivity contribution in [1.29, 1.82) is 0 Å². The van der Waals surface area contributed by atoms with Crippen LogP contribution in [-0.4, -0.2) is 46.9 Å². The largest absolute Gasteiger partial charge is 0.392 e. The molecule has 0 saturated carbocycles. The zero-order valence-electron chi connectivity index (χ0n) is 8.97. The Kier molecular flexibility index (Phi) is 2.99. The summed E-state index contributed by atoms with van der Waals surface area (Å²) in [6, 6.07) is 0.00316. The van der Waals surface area contributed by atoms with Gasteiger partial charge in [0.15, 0.2) is 5.82 Å². The minimum Gasteiger partial charge on any atom is -0.392 e. The van der Waals surface area contributed by atoms with Gasteiger partial charge in [0.1, 0.15) is 0 Å². The summed E-state index contributed by atoms with van der Waals surface area (Å²) in [6.45, 7) is 1.26. The van der Waals surface area contributed by atoms with Gasteiger partial charge in [0.2, 0.25) is 5.89 Å². The molecule has 0 amide bonds. The van der Waals surface area contributed by atoms with Gasteiger partial charge in [-0.1, -0.05) is 5.16 Å². The van der Waals surface area contributed by atoms with Gasteiger partial charge in [-0.05, 0) is 20.5 Å². The van der Waals surface area contributed by atoms with Crippen molar-refractivity contribution in [2.75, 3.05) is 20.6 Å². The fourth-order valence-electron chi connectivity index (χ4n) is 1.66. The van der Waals surface area contributed by atoms with Crippen LogP contribution in [0.3, 0.4) is 0 Å². The molecule has 1 aromatic heterocycles. The van der Waals surface area contributed by atoms with Crippen molar-refractivity contribution in [2.45, 2.75) is 25.1 Å². The van der Waals surface area contributed by atoms with Crippen LogP contribution in [0.2, 0.25) is 0 Å². The normalized spacial score (nSPS) is 26.4. The molecule has 0 bridgehead atoms. The third kappa shape index (κ3) is 2.53. The number of rotatable bonds is 3. The third-order valence-electron chi connectivity index (χ3n) is 2.35. The van der Waals surface area contributed by atoms with Crippen LogP contribution in [0.4, 0.5) is 0 Å². The quantitative estimate of drug-likeness (QED) is 0.705. The van der Waals surface area contributed by atoms with Crippen molar-refractivity contribution in [3.63, 3.8) is 0 Å². The Morgan fingerprint density at radius 2 is 2.40 bits per heavy atom. The molecule has 6 heteroatoms. The standard InChI is InChI=1S/C9H16N4O2/c1-13(2)5-8-11-9(15-12-8)7-3-6(14)4-10-7/h6-7,10,14H,3-5H2,1-2H3/t6-,7+/m1/s1. The number of nitrogens with zero attached hydrogens (tertiary/aromatic N) is 3. The van der Waals surface area contributed by atoms with Gasteiger partial charge in [-0.2, -0.15) is 4.98 Å². The summed E-state index contributed by atoms with van der Waals surface area (Å²) >= 11 is 0. The van der Waals surface area contributed by atoms with E-state index in [2.05, 4.69) is 15.5 Å². The molecule has 1 fully saturated rings. The SMILES string of the molecule is CN(C)Cc1noc([C@@H]2C[C@@H](O)CN2)n1. The molecule has 1 aromatic rings. The van der Waals surface area contributed by atoms with Crippen LogP contribution in [0, 0.1) is 0 Å². The first kappa shape index (κ1) is 10.5. The highest BCUT2D eigenvalue weighted by atomic mass is 16.5. The molecule has 2 rings (SSSR count). The highest BCUT2D eigenvalue weighted by Gasteiger charge is 2.27. The summed E-state index contributed by atoms with van der Waals surface area (Å²) in [5.41, 5.74) is 0. The van der Waals surface area contributed by atoms with Crippen molar-refractivity contribution in [3.8, 4) is 0 Å². The second-order valence-corrected chi connectivity index (χ2v) is 4.14. The Labute approximate surface area is 88.3 Å². The molecular weight excluding hydrogens is 196 g/mol. The second kappa shape index (κ2) is 4.26. The van der Waals surface area contributed by atoms with Gasteiger partial charge < -0.3 is 19.8 Å². The molecule has 1 saturated heterocycles. The summed E-state index contributed by atoms with van der Waals surface area (Å²) in [6.07, 6.45) is 0.336. The van der Waals surface area contributed by atoms with E-state index < -0.39 is 0 Å². The third-order valence-corrected chi connectivity index (χ3v) is 2.35. The molecule has 1 aliphatic heterocycles. The second-order valence-electron chi connectivity index (χ2n) is 4.14. The molecule has 2 heterocycles. The molecular formula is C9H16N4O2. The van der Waals surface area contributed by atoms with Crippen LogP contribution in [0.5, 0.6) is 0 Å². The van der Waals surface area contributed by atoms with E-state index in [0.717, 1.165) is 0 Å². The Morgan fingerprint density at radius 1 is 1.60 bits per heavy atom. The van der Waals surface area contributed by atoms with E-state index in [1.807, 2.05) is 19.0 Å². The molecule has 0 unspecified atom stereocenters. The molecule has 0 aromatic carbocycles. The molecule has 0 aliphatic carbocycles. The van der Waals surface area contributed by atoms with Crippen LogP contribution in [-0.2, 0) is 6.54 Å². The van der Waals surface area contributed by atoms with Gasteiger partial charge in [0, 0.05) is 6.54 Å². The number of aromatic nitrogens is 2. The van der Waals surface area contributed by atoms with Gasteiger partial charge in [-0.3, -0.25) is 0 Å². The minimum atomic E-state index is -0.306. The number of hydrogen-bond acceptors (Lipinski definition) is 6. The van der Waals surface area contributed by atoms with Gasteiger partial charge in [-0.25, -0.2) is 0 Å². The lowest BCUT2D eigenvalue weighted by atomic mass is 10.2. The molecule has 2 atom stereocenters. The molecule has 84 valence electrons. The molecule has 6 nitrogen and oxygen atoms in total. The van der Waals surface area contributed by atoms with Gasteiger partial charge >= 0.3 is 0 Å². The first-order valence-corrected chi connectivity index (χ1v) is 5.04. The van der Waals surface area contributed by atoms with Crippen molar-refractivity contribution < 1.29 is 9.63 Å². The van der Waals surface area contributed by atoms with E-state index >= 15 is 0 Å². The van der Waals surface area contributed by atoms with Crippen molar-refractivity contribution in [2.24, 2.45) is 0 Å². The van der Waals surface area contributed by atoms with Crippen LogP contribution in [0.25, 0.3) is 0 Å². The maximum atomic E-state index is 9.35. The smallest absolute Gasteiger partial charge is 0.243 e. The van der Waals surface area contributed by atoms with Crippen LogP contribution in [0.1, 0.15) is 24.2 Å². The summed E-state index contributed by atoms with van der Waals surface area (Å²) in [5.74, 6) is 1.25. The zero-order valence-corrected chi connectivity index (χ0v) is 8.97. The number of aliphatic hydroxyl groups is 1. The molecule has 0 radical (unpaired) electrons. The highest BCUT2D eigenvalue weighted by Crippen LogP contribution is 2.21. The number of nitrogens with one attached hydrogen (secondary N) is 1. The number of aliphatic hydroxyl groups excluding tert-OH is 1. The van der Waals surface area contributed by atoms with E-state index in [-0.39, 0.29) is 12.1 Å². The maximum absolute atomic E-state index is 9.35. The van der Waals surface area contributed by atoms with E-state index in [1.165, 1.54) is 0 Å². The zero-order chi connectivity index (χ0) is 10.8. The summed E-state index contributed by atoms with van der Waals surface area (Å²) in [4.78, 5) is 6.25. The lowest BCUT2D eigenvalue weighted by Gasteiger charge is -2.04. The number of β-amino-alcohol motifs (C(OH)–C–C–N with tert-alkyl or cyclic N) is 1. The van der Waals surface area contributed by atoms with Crippen molar-refractivity contribution in [1.82, 2.24) is 20.4 Å². The lowest BCUT2D eigenvalue weighted by molar-refractivity contribution is 0.191. The Hall–Kier alpha value is -0.980. The predicted molar refractivity (Wildman–Crippen MR) is 53.1 cm³/mol. The minimum absolute atomic E-state index is 0.00316. The van der Waals surface area contributed by atoms with E-state index in [1.54, 1.807) is 0 Å². The fraction of sp³-hybridized carbons (Fsp3) is 0.778. The first-order chi connectivity index (χ1) is 7.15. The first-order valence-electron chi connectivity index (χ1n) is 5.04. The van der Waals surface area contributed by atoms with Gasteiger partial charge in [0.25, 0.3) is 0 Å². The Balaban J connectivity index is 2.00. The predicted octanol–water partition coefficient (Wildman–Crippen LogP) is -0.474. The van der Waals surface area contributed by atoms with Gasteiger partial charge in [0.05, 0.1) is 18.7 Å². The van der Waals surface area contributed by atoms with Crippen LogP contribution in [0.15, 0.2) is 4.52 Å². The van der Waals surface area contributed by atoms with E-state index in [0.29, 0.717) is 31.2 Å². The summed E-state index contributed by atoms with van der Waals surface area (Å²) in [7, 11) is 3.90. The van der Waals surface area contributed by atoms with Gasteiger partial charge in [-0.15, -0.1) is 0 Å². The monoisotopic (exact) mass is 212 g/mol. The molecule has 0 spiro atoms. The average Bonchev–Trinajstić information content (AvgIpc) is 2.72. The fourth-order valence-corrected chi connectivity index (χ4v) is 1.66. The van der Waals surface area contributed by atoms with E-state index in [9.17, 15) is 5.11 Å². The highest BCUT2D eigenvalue weighted by molar-refractivity contribution is 4.97. The summed E-state index contributed by atoms with van der Waals surface area (Å²) in [5, 5.41) is 16.4. The lowest BCUT2D eigenvalue weighted by Crippen LogP contribution is -2.15. The average molecular weight is 212 g/mol. The van der Waals surface area contributed by atoms with E-state index in [4.69, 9.17) is 4.52 Å². The molecule has 15 heavy (non-hydrogen) atoms. The van der Waals surface area contributed by atoms with Crippen molar-refractivity contribution in [3.05, 3.63) is 11.7 Å². The molecule has 1 aliphatic rings. The molecule has 2 N–H and O–H groups in total. The van der Waals surface area contributed by atoms with Crippen molar-refractivity contribution >= 4 is 0 Å². The van der Waals surface area contributed by atoms with Crippen LogP contribution >= 0.6 is 0 Å². The maximum Gasteiger partial charge on any atom is 0.243 e. The Bertz CT molecular complexity index is 326. The Morgan fingerprint density at radius 3 is 3.00 bits per heavy atom.